The van der Waals surface area contributed by atoms with Crippen LogP contribution in [-0.2, 0) is 0 Å². The van der Waals surface area contributed by atoms with Crippen molar-refractivity contribution in [3.8, 4) is 11.6 Å². The lowest BCUT2D eigenvalue weighted by atomic mass is 10.2. The lowest BCUT2D eigenvalue weighted by Gasteiger charge is -2.12. The highest BCUT2D eigenvalue weighted by molar-refractivity contribution is 5.99. The Kier molecular flexibility index (Phi) is 5.07. The molecule has 1 atom stereocenters. The minimum Gasteiger partial charge on any atom is -0.453 e. The summed E-state index contributed by atoms with van der Waals surface area (Å²) in [6, 6.07) is 25.5. The third kappa shape index (κ3) is 3.54. The molecule has 0 fully saturated rings. The number of benzene rings is 3. The minimum atomic E-state index is -0.243. The van der Waals surface area contributed by atoms with Crippen LogP contribution in [0.15, 0.2) is 99.4 Å². The predicted octanol–water partition coefficient (Wildman–Crippen LogP) is 6.62. The van der Waals surface area contributed by atoms with Gasteiger partial charge in [-0.05, 0) is 43.7 Å². The molecule has 0 saturated heterocycles. The number of hydrogen-bond donors (Lipinski definition) is 0. The van der Waals surface area contributed by atoms with Gasteiger partial charge in [0.05, 0.1) is 17.1 Å². The van der Waals surface area contributed by atoms with Gasteiger partial charge in [0.2, 0.25) is 5.82 Å². The van der Waals surface area contributed by atoms with Gasteiger partial charge in [0, 0.05) is 34.1 Å². The summed E-state index contributed by atoms with van der Waals surface area (Å²) in [5, 5.41) is 7.20. The molecule has 0 spiro atoms. The van der Waals surface area contributed by atoms with E-state index in [1.807, 2.05) is 60.7 Å². The van der Waals surface area contributed by atoms with Crippen LogP contribution in [0.25, 0.3) is 44.4 Å². The highest BCUT2D eigenvalue weighted by Gasteiger charge is 2.17. The van der Waals surface area contributed by atoms with Crippen molar-refractivity contribution in [1.82, 2.24) is 14.2 Å². The summed E-state index contributed by atoms with van der Waals surface area (Å²) in [5.74, 6) is 0.861. The maximum absolute atomic E-state index is 13.5. The van der Waals surface area contributed by atoms with E-state index in [1.54, 1.807) is 12.3 Å². The predicted molar refractivity (Wildman–Crippen MR) is 141 cm³/mol. The van der Waals surface area contributed by atoms with Crippen LogP contribution in [0.3, 0.4) is 0 Å². The molecule has 0 radical (unpaired) electrons. The van der Waals surface area contributed by atoms with Crippen molar-refractivity contribution < 1.29 is 4.42 Å². The highest BCUT2D eigenvalue weighted by Crippen LogP contribution is 2.28. The van der Waals surface area contributed by atoms with Gasteiger partial charge >= 0.3 is 0 Å². The van der Waals surface area contributed by atoms with Crippen LogP contribution < -0.4 is 5.56 Å². The Hall–Kier alpha value is -4.45. The van der Waals surface area contributed by atoms with Gasteiger partial charge in [-0.3, -0.25) is 4.79 Å². The monoisotopic (exact) mass is 460 g/mol. The molecule has 6 nitrogen and oxygen atoms in total. The van der Waals surface area contributed by atoms with Gasteiger partial charge in [-0.1, -0.05) is 55.5 Å². The maximum Gasteiger partial charge on any atom is 0.282 e. The Morgan fingerprint density at radius 2 is 1.74 bits per heavy atom. The molecule has 35 heavy (non-hydrogen) atoms. The van der Waals surface area contributed by atoms with Crippen LogP contribution >= 0.6 is 0 Å². The van der Waals surface area contributed by atoms with Crippen LogP contribution in [0.1, 0.15) is 31.9 Å². The van der Waals surface area contributed by atoms with Crippen molar-refractivity contribution in [3.05, 3.63) is 101 Å². The van der Waals surface area contributed by atoms with E-state index >= 15 is 0 Å². The summed E-state index contributed by atoms with van der Waals surface area (Å²) >= 11 is 0. The molecule has 0 unspecified atom stereocenters. The lowest BCUT2D eigenvalue weighted by molar-refractivity contribution is 0.548. The van der Waals surface area contributed by atoms with Gasteiger partial charge in [0.1, 0.15) is 5.58 Å². The largest absolute Gasteiger partial charge is 0.453 e. The minimum absolute atomic E-state index is 0.243. The summed E-state index contributed by atoms with van der Waals surface area (Å²) in [6.07, 6.45) is 4.85. The molecule has 0 saturated carbocycles. The molecule has 3 heterocycles. The second-order valence-electron chi connectivity index (χ2n) is 8.73. The van der Waals surface area contributed by atoms with E-state index in [0.717, 1.165) is 33.9 Å². The Balaban J connectivity index is 1.56. The van der Waals surface area contributed by atoms with Crippen molar-refractivity contribution in [2.24, 2.45) is 5.10 Å². The van der Waals surface area contributed by atoms with Crippen molar-refractivity contribution in [1.29, 1.82) is 0 Å². The van der Waals surface area contributed by atoms with Crippen LogP contribution in [0.4, 0.5) is 0 Å². The van der Waals surface area contributed by atoms with E-state index in [9.17, 15) is 4.79 Å². The fraction of sp³-hybridized carbons (Fsp3) is 0.138. The van der Waals surface area contributed by atoms with E-state index in [4.69, 9.17) is 9.40 Å². The van der Waals surface area contributed by atoms with Crippen LogP contribution in [0.5, 0.6) is 0 Å². The Morgan fingerprint density at radius 1 is 1.00 bits per heavy atom. The number of furan rings is 1. The number of rotatable bonds is 5. The lowest BCUT2D eigenvalue weighted by Crippen LogP contribution is -2.20. The number of fused-ring (bicyclic) bond motifs is 3. The van der Waals surface area contributed by atoms with E-state index < -0.39 is 0 Å². The molecule has 6 aromatic rings. The maximum atomic E-state index is 13.5. The number of para-hydroxylation sites is 3. The summed E-state index contributed by atoms with van der Waals surface area (Å²) in [5.41, 5.74) is 3.18. The van der Waals surface area contributed by atoms with E-state index in [1.165, 1.54) is 4.68 Å². The molecule has 3 aromatic heterocycles. The van der Waals surface area contributed by atoms with Crippen LogP contribution in [0, 0.1) is 0 Å². The highest BCUT2D eigenvalue weighted by atomic mass is 16.3. The van der Waals surface area contributed by atoms with Gasteiger partial charge < -0.3 is 8.98 Å². The third-order valence-electron chi connectivity index (χ3n) is 6.55. The van der Waals surface area contributed by atoms with Crippen molar-refractivity contribution >= 4 is 39.0 Å². The Bertz CT molecular complexity index is 1750. The van der Waals surface area contributed by atoms with Gasteiger partial charge in [-0.25, -0.2) is 4.98 Å². The van der Waals surface area contributed by atoms with Crippen molar-refractivity contribution in [2.45, 2.75) is 26.3 Å². The van der Waals surface area contributed by atoms with Crippen LogP contribution in [0.2, 0.25) is 0 Å². The summed E-state index contributed by atoms with van der Waals surface area (Å²) in [7, 11) is 0. The van der Waals surface area contributed by atoms with Crippen molar-refractivity contribution in [2.75, 3.05) is 0 Å². The molecule has 172 valence electrons. The molecule has 0 bridgehead atoms. The number of hydrogen-bond acceptors (Lipinski definition) is 4. The topological polar surface area (TPSA) is 65.3 Å². The van der Waals surface area contributed by atoms with Gasteiger partial charge in [-0.2, -0.15) is 9.78 Å². The average molecular weight is 461 g/mol. The van der Waals surface area contributed by atoms with Gasteiger partial charge in [-0.15, -0.1) is 0 Å². The molecule has 6 rings (SSSR count). The molecule has 0 amide bonds. The molecule has 0 aliphatic heterocycles. The molecule has 0 aliphatic carbocycles. The summed E-state index contributed by atoms with van der Waals surface area (Å²) in [6.45, 7) is 4.37. The van der Waals surface area contributed by atoms with Gasteiger partial charge in [0.25, 0.3) is 5.56 Å². The van der Waals surface area contributed by atoms with E-state index in [0.29, 0.717) is 28.5 Å². The zero-order valence-electron chi connectivity index (χ0n) is 19.6. The fourth-order valence-corrected chi connectivity index (χ4v) is 4.50. The Labute approximate surface area is 201 Å². The fourth-order valence-electron chi connectivity index (χ4n) is 4.50. The molecular weight excluding hydrogens is 436 g/mol. The van der Waals surface area contributed by atoms with Crippen LogP contribution in [-0.4, -0.2) is 20.4 Å². The molecule has 6 heteroatoms. The number of aromatic nitrogens is 3. The molecule has 0 aliphatic rings. The Morgan fingerprint density at radius 3 is 2.57 bits per heavy atom. The van der Waals surface area contributed by atoms with E-state index in [-0.39, 0.29) is 5.56 Å². The first-order valence-corrected chi connectivity index (χ1v) is 11.8. The normalized spacial score (nSPS) is 12.9. The zero-order chi connectivity index (χ0) is 23.9. The molecular formula is C29H24N4O2. The third-order valence-corrected chi connectivity index (χ3v) is 6.55. The first-order chi connectivity index (χ1) is 17.1. The quantitative estimate of drug-likeness (QED) is 0.272. The first-order valence-electron chi connectivity index (χ1n) is 11.8. The smallest absolute Gasteiger partial charge is 0.282 e. The van der Waals surface area contributed by atoms with Gasteiger partial charge in [0.15, 0.2) is 5.76 Å². The molecule has 0 N–H and O–H groups in total. The SMILES string of the molecule is CC[C@@H](C)n1cc(C=Nn2c(-c3cc4ccccc4o3)nc3ccccc3c2=O)c2ccccc21. The van der Waals surface area contributed by atoms with E-state index in [2.05, 4.69) is 41.8 Å². The second kappa shape index (κ2) is 8.40. The summed E-state index contributed by atoms with van der Waals surface area (Å²) < 4.78 is 9.68. The second-order valence-corrected chi connectivity index (χ2v) is 8.73. The standard InChI is InChI=1S/C29H24N4O2/c1-3-19(2)32-18-21(22-11-6-8-14-25(22)32)17-30-33-28(27-16-20-10-4-9-15-26(20)35-27)31-24-13-7-5-12-23(24)29(33)34/h4-19H,3H2,1-2H3/t19-/m1/s1. The number of nitrogens with zero attached hydrogens (tertiary/aromatic N) is 4. The zero-order valence-corrected chi connectivity index (χ0v) is 19.6. The average Bonchev–Trinajstić information content (AvgIpc) is 3.49. The summed E-state index contributed by atoms with van der Waals surface area (Å²) in [4.78, 5) is 18.3. The first kappa shape index (κ1) is 21.1. The molecule has 3 aromatic carbocycles. The van der Waals surface area contributed by atoms with Crippen molar-refractivity contribution in [3.63, 3.8) is 0 Å².